The van der Waals surface area contributed by atoms with Crippen molar-refractivity contribution in [3.63, 3.8) is 0 Å². The Morgan fingerprint density at radius 2 is 2.24 bits per heavy atom. The summed E-state index contributed by atoms with van der Waals surface area (Å²) in [5, 5.41) is 0.345. The van der Waals surface area contributed by atoms with E-state index in [2.05, 4.69) is 4.90 Å². The van der Waals surface area contributed by atoms with Gasteiger partial charge in [0.1, 0.15) is 11.6 Å². The molecule has 1 aliphatic rings. The summed E-state index contributed by atoms with van der Waals surface area (Å²) < 4.78 is 29.9. The molecule has 1 heterocycles. The summed E-state index contributed by atoms with van der Waals surface area (Å²) in [5.74, 6) is 0.193. The summed E-state index contributed by atoms with van der Waals surface area (Å²) in [4.78, 5) is 2.15. The van der Waals surface area contributed by atoms with Crippen molar-refractivity contribution in [1.29, 1.82) is 0 Å². The van der Waals surface area contributed by atoms with Gasteiger partial charge in [-0.1, -0.05) is 11.6 Å². The fraction of sp³-hybridized carbons (Fsp3) is 0.600. The summed E-state index contributed by atoms with van der Waals surface area (Å²) in [7, 11) is 3.20. The zero-order valence-corrected chi connectivity index (χ0v) is 13.2. The van der Waals surface area contributed by atoms with E-state index in [9.17, 15) is 4.39 Å². The van der Waals surface area contributed by atoms with Crippen LogP contribution in [-0.4, -0.2) is 51.5 Å². The molecule has 1 unspecified atom stereocenters. The van der Waals surface area contributed by atoms with Crippen LogP contribution in [0, 0.1) is 5.82 Å². The molecular formula is C15H21ClFNO3. The SMILES string of the molecule is COCCC1CN(Cc2c(F)ccc(OC)c2Cl)CCO1. The third kappa shape index (κ3) is 4.30. The van der Waals surface area contributed by atoms with E-state index in [-0.39, 0.29) is 11.9 Å². The predicted molar refractivity (Wildman–Crippen MR) is 79.5 cm³/mol. The van der Waals surface area contributed by atoms with Crippen molar-refractivity contribution in [3.05, 3.63) is 28.5 Å². The minimum Gasteiger partial charge on any atom is -0.495 e. The molecule has 1 saturated heterocycles. The first-order valence-corrected chi connectivity index (χ1v) is 7.37. The molecule has 1 aromatic carbocycles. The van der Waals surface area contributed by atoms with Gasteiger partial charge in [-0.05, 0) is 18.6 Å². The van der Waals surface area contributed by atoms with Crippen molar-refractivity contribution in [3.8, 4) is 5.75 Å². The van der Waals surface area contributed by atoms with Crippen LogP contribution in [-0.2, 0) is 16.0 Å². The maximum Gasteiger partial charge on any atom is 0.137 e. The molecule has 0 radical (unpaired) electrons. The Bertz CT molecular complexity index is 472. The van der Waals surface area contributed by atoms with Crippen molar-refractivity contribution < 1.29 is 18.6 Å². The van der Waals surface area contributed by atoms with Gasteiger partial charge in [-0.25, -0.2) is 4.39 Å². The van der Waals surface area contributed by atoms with Crippen LogP contribution in [0.5, 0.6) is 5.75 Å². The Labute approximate surface area is 129 Å². The first-order valence-electron chi connectivity index (χ1n) is 6.99. The highest BCUT2D eigenvalue weighted by Gasteiger charge is 2.23. The third-order valence-electron chi connectivity index (χ3n) is 3.62. The van der Waals surface area contributed by atoms with Gasteiger partial charge >= 0.3 is 0 Å². The summed E-state index contributed by atoms with van der Waals surface area (Å²) in [5.41, 5.74) is 0.475. The second-order valence-electron chi connectivity index (χ2n) is 5.05. The molecule has 0 aromatic heterocycles. The fourth-order valence-corrected chi connectivity index (χ4v) is 2.74. The summed E-state index contributed by atoms with van der Waals surface area (Å²) in [6, 6.07) is 2.94. The van der Waals surface area contributed by atoms with Crippen LogP contribution in [0.25, 0.3) is 0 Å². The molecule has 2 rings (SSSR count). The Morgan fingerprint density at radius 3 is 2.95 bits per heavy atom. The summed E-state index contributed by atoms with van der Waals surface area (Å²) >= 11 is 6.21. The maximum atomic E-state index is 14.0. The molecule has 0 spiro atoms. The van der Waals surface area contributed by atoms with Crippen LogP contribution < -0.4 is 4.74 Å². The summed E-state index contributed by atoms with van der Waals surface area (Å²) in [6.07, 6.45) is 0.951. The zero-order valence-electron chi connectivity index (χ0n) is 12.4. The number of benzene rings is 1. The highest BCUT2D eigenvalue weighted by atomic mass is 35.5. The molecule has 1 atom stereocenters. The van der Waals surface area contributed by atoms with E-state index >= 15 is 0 Å². The third-order valence-corrected chi connectivity index (χ3v) is 4.03. The Balaban J connectivity index is 2.04. The van der Waals surface area contributed by atoms with E-state index in [1.807, 2.05) is 0 Å². The highest BCUT2D eigenvalue weighted by molar-refractivity contribution is 6.32. The molecule has 0 bridgehead atoms. The van der Waals surface area contributed by atoms with E-state index in [1.54, 1.807) is 13.2 Å². The lowest BCUT2D eigenvalue weighted by atomic mass is 10.1. The van der Waals surface area contributed by atoms with Gasteiger partial charge in [-0.3, -0.25) is 4.90 Å². The Hall–Kier alpha value is -0.880. The van der Waals surface area contributed by atoms with E-state index in [4.69, 9.17) is 25.8 Å². The minimum absolute atomic E-state index is 0.117. The number of hydrogen-bond acceptors (Lipinski definition) is 4. The van der Waals surface area contributed by atoms with Gasteiger partial charge in [0.15, 0.2) is 0 Å². The molecule has 0 aliphatic carbocycles. The van der Waals surface area contributed by atoms with Crippen LogP contribution in [0.2, 0.25) is 5.02 Å². The van der Waals surface area contributed by atoms with Crippen molar-refractivity contribution in [2.45, 2.75) is 19.1 Å². The first kappa shape index (κ1) is 16.5. The minimum atomic E-state index is -0.305. The van der Waals surface area contributed by atoms with Crippen LogP contribution >= 0.6 is 11.6 Å². The molecule has 1 aliphatic heterocycles. The number of rotatable bonds is 6. The van der Waals surface area contributed by atoms with E-state index in [1.165, 1.54) is 13.2 Å². The number of ether oxygens (including phenoxy) is 3. The Morgan fingerprint density at radius 1 is 1.43 bits per heavy atom. The summed E-state index contributed by atoms with van der Waals surface area (Å²) in [6.45, 7) is 3.26. The van der Waals surface area contributed by atoms with Gasteiger partial charge in [0, 0.05) is 38.9 Å². The first-order chi connectivity index (χ1) is 10.2. The molecule has 1 aromatic rings. The number of halogens is 2. The van der Waals surface area contributed by atoms with Gasteiger partial charge < -0.3 is 14.2 Å². The van der Waals surface area contributed by atoms with E-state index < -0.39 is 0 Å². The number of methoxy groups -OCH3 is 2. The maximum absolute atomic E-state index is 14.0. The molecule has 21 heavy (non-hydrogen) atoms. The van der Waals surface area contributed by atoms with E-state index in [0.29, 0.717) is 36.1 Å². The second kappa shape index (κ2) is 7.94. The molecule has 0 saturated carbocycles. The van der Waals surface area contributed by atoms with Gasteiger partial charge in [0.2, 0.25) is 0 Å². The van der Waals surface area contributed by atoms with E-state index in [0.717, 1.165) is 19.5 Å². The normalized spacial score (nSPS) is 19.7. The molecular weight excluding hydrogens is 297 g/mol. The van der Waals surface area contributed by atoms with Gasteiger partial charge in [-0.2, -0.15) is 0 Å². The van der Waals surface area contributed by atoms with Crippen LogP contribution in [0.15, 0.2) is 12.1 Å². The lowest BCUT2D eigenvalue weighted by Gasteiger charge is -2.33. The molecule has 0 N–H and O–H groups in total. The lowest BCUT2D eigenvalue weighted by molar-refractivity contribution is -0.0435. The predicted octanol–water partition coefficient (Wildman–Crippen LogP) is 2.73. The van der Waals surface area contributed by atoms with Crippen molar-refractivity contribution in [2.24, 2.45) is 0 Å². The number of nitrogens with zero attached hydrogens (tertiary/aromatic N) is 1. The molecule has 6 heteroatoms. The fourth-order valence-electron chi connectivity index (χ4n) is 2.45. The topological polar surface area (TPSA) is 30.9 Å². The largest absolute Gasteiger partial charge is 0.495 e. The average molecular weight is 318 g/mol. The standard InChI is InChI=1S/C15H21ClFNO3/c1-19-7-5-11-9-18(6-8-21-11)10-12-13(17)3-4-14(20-2)15(12)16/h3-4,11H,5-10H2,1-2H3. The number of morpholine rings is 1. The molecule has 1 fully saturated rings. The molecule has 0 amide bonds. The quantitative estimate of drug-likeness (QED) is 0.807. The molecule has 4 nitrogen and oxygen atoms in total. The molecule has 118 valence electrons. The second-order valence-corrected chi connectivity index (χ2v) is 5.43. The van der Waals surface area contributed by atoms with Crippen LogP contribution in [0.3, 0.4) is 0 Å². The van der Waals surface area contributed by atoms with Gasteiger partial charge in [-0.15, -0.1) is 0 Å². The van der Waals surface area contributed by atoms with Crippen molar-refractivity contribution in [2.75, 3.05) is 40.5 Å². The van der Waals surface area contributed by atoms with Crippen LogP contribution in [0.4, 0.5) is 4.39 Å². The van der Waals surface area contributed by atoms with Crippen molar-refractivity contribution in [1.82, 2.24) is 4.90 Å². The highest BCUT2D eigenvalue weighted by Crippen LogP contribution is 2.31. The van der Waals surface area contributed by atoms with Crippen molar-refractivity contribution >= 4 is 11.6 Å². The van der Waals surface area contributed by atoms with Crippen LogP contribution in [0.1, 0.15) is 12.0 Å². The number of hydrogen-bond donors (Lipinski definition) is 0. The van der Waals surface area contributed by atoms with Gasteiger partial charge in [0.25, 0.3) is 0 Å². The lowest BCUT2D eigenvalue weighted by Crippen LogP contribution is -2.42. The zero-order chi connectivity index (χ0) is 15.2. The van der Waals surface area contributed by atoms with Gasteiger partial charge in [0.05, 0.1) is 24.8 Å². The monoisotopic (exact) mass is 317 g/mol. The smallest absolute Gasteiger partial charge is 0.137 e. The Kier molecular flexibility index (Phi) is 6.23. The average Bonchev–Trinajstić information content (AvgIpc) is 2.50.